The summed E-state index contributed by atoms with van der Waals surface area (Å²) in [6.45, 7) is 5.09. The van der Waals surface area contributed by atoms with Crippen molar-refractivity contribution >= 4 is 41.3 Å². The molecule has 3 aliphatic heterocycles. The zero-order valence-electron chi connectivity index (χ0n) is 16.4. The molecule has 7 heteroatoms. The van der Waals surface area contributed by atoms with Crippen molar-refractivity contribution in [1.82, 2.24) is 15.5 Å². The Morgan fingerprint density at radius 1 is 1.37 bits per heavy atom. The number of guanidine groups is 1. The number of hydrogen-bond donors (Lipinski definition) is 2. The second kappa shape index (κ2) is 9.89. The third kappa shape index (κ3) is 4.97. The largest absolute Gasteiger partial charge is 0.373 e. The van der Waals surface area contributed by atoms with Crippen molar-refractivity contribution in [2.24, 2.45) is 10.9 Å². The lowest BCUT2D eigenvalue weighted by Gasteiger charge is -2.38. The SMILES string of the molecule is CCNC(=NCC1CCCN(C)C1c1cccs1)NC1CC2CCC1O2.I. The molecule has 0 aliphatic carbocycles. The molecule has 2 bridgehead atoms. The summed E-state index contributed by atoms with van der Waals surface area (Å²) < 4.78 is 5.99. The molecule has 0 amide bonds. The summed E-state index contributed by atoms with van der Waals surface area (Å²) in [7, 11) is 2.26. The van der Waals surface area contributed by atoms with Crippen molar-refractivity contribution in [3.8, 4) is 0 Å². The summed E-state index contributed by atoms with van der Waals surface area (Å²) in [4.78, 5) is 8.99. The van der Waals surface area contributed by atoms with E-state index in [1.54, 1.807) is 0 Å². The number of piperidine rings is 1. The summed E-state index contributed by atoms with van der Waals surface area (Å²) in [6.07, 6.45) is 6.91. The van der Waals surface area contributed by atoms with E-state index in [0.29, 0.717) is 30.2 Å². The zero-order chi connectivity index (χ0) is 17.9. The minimum atomic E-state index is 0. The van der Waals surface area contributed by atoms with Gasteiger partial charge in [-0.25, -0.2) is 0 Å². The van der Waals surface area contributed by atoms with Crippen LogP contribution < -0.4 is 10.6 Å². The molecule has 5 nitrogen and oxygen atoms in total. The van der Waals surface area contributed by atoms with Crippen molar-refractivity contribution in [3.63, 3.8) is 0 Å². The first-order valence-corrected chi connectivity index (χ1v) is 11.1. The lowest BCUT2D eigenvalue weighted by Crippen LogP contribution is -2.47. The van der Waals surface area contributed by atoms with Crippen LogP contribution in [0.2, 0.25) is 0 Å². The first-order chi connectivity index (χ1) is 12.7. The van der Waals surface area contributed by atoms with Gasteiger partial charge in [-0.1, -0.05) is 6.07 Å². The van der Waals surface area contributed by atoms with Crippen LogP contribution in [0.15, 0.2) is 22.5 Å². The maximum atomic E-state index is 5.99. The Morgan fingerprint density at radius 2 is 2.26 bits per heavy atom. The molecule has 4 rings (SSSR count). The van der Waals surface area contributed by atoms with E-state index in [2.05, 4.69) is 47.0 Å². The Balaban J connectivity index is 0.00000210. The minimum absolute atomic E-state index is 0. The van der Waals surface area contributed by atoms with Crippen molar-refractivity contribution in [3.05, 3.63) is 22.4 Å². The van der Waals surface area contributed by atoms with Crippen molar-refractivity contribution in [2.75, 3.05) is 26.7 Å². The first kappa shape index (κ1) is 21.3. The molecule has 3 saturated heterocycles. The van der Waals surface area contributed by atoms with E-state index in [9.17, 15) is 0 Å². The molecule has 3 fully saturated rings. The van der Waals surface area contributed by atoms with E-state index in [-0.39, 0.29) is 24.0 Å². The molecule has 0 spiro atoms. The highest BCUT2D eigenvalue weighted by atomic mass is 127. The van der Waals surface area contributed by atoms with Crippen LogP contribution in [0.3, 0.4) is 0 Å². The van der Waals surface area contributed by atoms with Crippen LogP contribution in [0.1, 0.15) is 49.9 Å². The zero-order valence-corrected chi connectivity index (χ0v) is 19.5. The van der Waals surface area contributed by atoms with Gasteiger partial charge >= 0.3 is 0 Å². The lowest BCUT2D eigenvalue weighted by molar-refractivity contribution is 0.0992. The Labute approximate surface area is 184 Å². The second-order valence-electron chi connectivity index (χ2n) is 7.92. The van der Waals surface area contributed by atoms with Crippen LogP contribution in [-0.4, -0.2) is 55.8 Å². The van der Waals surface area contributed by atoms with Gasteiger partial charge in [-0.05, 0) is 70.0 Å². The van der Waals surface area contributed by atoms with Gasteiger partial charge in [0.1, 0.15) is 0 Å². The third-order valence-electron chi connectivity index (χ3n) is 6.10. The normalized spacial score (nSPS) is 33.7. The predicted molar refractivity (Wildman–Crippen MR) is 123 cm³/mol. The summed E-state index contributed by atoms with van der Waals surface area (Å²) >= 11 is 1.88. The van der Waals surface area contributed by atoms with Gasteiger partial charge in [-0.2, -0.15) is 0 Å². The molecule has 0 aromatic carbocycles. The quantitative estimate of drug-likeness (QED) is 0.366. The molecule has 3 aliphatic rings. The molecule has 1 aromatic heterocycles. The molecular formula is C20H33IN4OS. The number of likely N-dealkylation sites (tertiary alicyclic amines) is 1. The van der Waals surface area contributed by atoms with Crippen LogP contribution in [0.5, 0.6) is 0 Å². The Hall–Kier alpha value is -0.380. The highest BCUT2D eigenvalue weighted by Crippen LogP contribution is 2.37. The average Bonchev–Trinajstić information content (AvgIpc) is 3.38. The Bertz CT molecular complexity index is 611. The summed E-state index contributed by atoms with van der Waals surface area (Å²) in [5, 5.41) is 9.29. The summed E-state index contributed by atoms with van der Waals surface area (Å²) in [5.74, 6) is 1.55. The van der Waals surface area contributed by atoms with Crippen molar-refractivity contribution in [2.45, 2.75) is 63.3 Å². The third-order valence-corrected chi connectivity index (χ3v) is 7.04. The van der Waals surface area contributed by atoms with Crippen LogP contribution in [0, 0.1) is 5.92 Å². The highest BCUT2D eigenvalue weighted by molar-refractivity contribution is 14.0. The molecule has 0 radical (unpaired) electrons. The monoisotopic (exact) mass is 504 g/mol. The number of fused-ring (bicyclic) bond motifs is 2. The maximum absolute atomic E-state index is 5.99. The van der Waals surface area contributed by atoms with Gasteiger partial charge in [0, 0.05) is 24.0 Å². The van der Waals surface area contributed by atoms with E-state index >= 15 is 0 Å². The smallest absolute Gasteiger partial charge is 0.191 e. The fraction of sp³-hybridized carbons (Fsp3) is 0.750. The number of rotatable bonds is 5. The molecule has 27 heavy (non-hydrogen) atoms. The van der Waals surface area contributed by atoms with Gasteiger partial charge in [0.2, 0.25) is 0 Å². The fourth-order valence-corrected chi connectivity index (χ4v) is 5.84. The number of aliphatic imine (C=N–C) groups is 1. The molecule has 5 atom stereocenters. The number of halogens is 1. The van der Waals surface area contributed by atoms with Crippen molar-refractivity contribution < 1.29 is 4.74 Å². The molecule has 152 valence electrons. The van der Waals surface area contributed by atoms with Gasteiger partial charge < -0.3 is 15.4 Å². The van der Waals surface area contributed by atoms with Gasteiger partial charge in [0.25, 0.3) is 0 Å². The minimum Gasteiger partial charge on any atom is -0.373 e. The molecular weight excluding hydrogens is 471 g/mol. The molecule has 4 heterocycles. The predicted octanol–water partition coefficient (Wildman–Crippen LogP) is 3.62. The van der Waals surface area contributed by atoms with Crippen LogP contribution in [-0.2, 0) is 4.74 Å². The molecule has 1 aromatic rings. The van der Waals surface area contributed by atoms with Gasteiger partial charge in [-0.15, -0.1) is 35.3 Å². The number of ether oxygens (including phenoxy) is 1. The standard InChI is InChI=1S/C20H32N4OS.HI/c1-3-21-20(23-16-12-15-8-9-17(16)25-15)22-13-14-6-4-10-24(2)19(14)18-7-5-11-26-18;/h5,7,11,14-17,19H,3-4,6,8-10,12-13H2,1-2H3,(H2,21,22,23);1H. The second-order valence-corrected chi connectivity index (χ2v) is 8.90. The molecule has 2 N–H and O–H groups in total. The van der Waals surface area contributed by atoms with E-state index in [1.165, 1.54) is 37.1 Å². The molecule has 5 unspecified atom stereocenters. The van der Waals surface area contributed by atoms with Crippen LogP contribution in [0.4, 0.5) is 0 Å². The van der Waals surface area contributed by atoms with Crippen molar-refractivity contribution in [1.29, 1.82) is 0 Å². The summed E-state index contributed by atoms with van der Waals surface area (Å²) in [6, 6.07) is 5.38. The maximum Gasteiger partial charge on any atom is 0.191 e. The molecule has 0 saturated carbocycles. The Morgan fingerprint density at radius 3 is 2.93 bits per heavy atom. The van der Waals surface area contributed by atoms with E-state index in [4.69, 9.17) is 9.73 Å². The highest BCUT2D eigenvalue weighted by Gasteiger charge is 2.41. The number of thiophene rings is 1. The number of nitrogens with one attached hydrogen (secondary N) is 2. The van der Waals surface area contributed by atoms with Crippen LogP contribution >= 0.6 is 35.3 Å². The Kier molecular flexibility index (Phi) is 7.82. The van der Waals surface area contributed by atoms with E-state index < -0.39 is 0 Å². The number of hydrogen-bond acceptors (Lipinski definition) is 4. The summed E-state index contributed by atoms with van der Waals surface area (Å²) in [5.41, 5.74) is 0. The number of nitrogens with zero attached hydrogens (tertiary/aromatic N) is 2. The van der Waals surface area contributed by atoms with E-state index in [1.807, 2.05) is 11.3 Å². The van der Waals surface area contributed by atoms with Gasteiger partial charge in [0.15, 0.2) is 5.96 Å². The average molecular weight is 504 g/mol. The van der Waals surface area contributed by atoms with Crippen LogP contribution in [0.25, 0.3) is 0 Å². The first-order valence-electron chi connectivity index (χ1n) is 10.2. The van der Waals surface area contributed by atoms with E-state index in [0.717, 1.165) is 25.5 Å². The lowest BCUT2D eigenvalue weighted by atomic mass is 9.88. The fourth-order valence-electron chi connectivity index (χ4n) is 4.85. The topological polar surface area (TPSA) is 48.9 Å². The van der Waals surface area contributed by atoms with Gasteiger partial charge in [0.05, 0.1) is 18.2 Å². The van der Waals surface area contributed by atoms with Gasteiger partial charge in [-0.3, -0.25) is 9.89 Å².